The van der Waals surface area contributed by atoms with Gasteiger partial charge in [-0.25, -0.2) is 0 Å². The molecule has 0 bridgehead atoms. The largest absolute Gasteiger partial charge is 0.462 e. The molecule has 1 atom stereocenters. The van der Waals surface area contributed by atoms with E-state index < -0.39 is 6.10 Å². The molecule has 0 fully saturated rings. The molecule has 0 saturated heterocycles. The van der Waals surface area contributed by atoms with Crippen LogP contribution < -0.4 is 0 Å². The van der Waals surface area contributed by atoms with E-state index in [9.17, 15) is 14.4 Å². The third kappa shape index (κ3) is 52.7. The summed E-state index contributed by atoms with van der Waals surface area (Å²) in [5.41, 5.74) is 0. The molecule has 0 aromatic carbocycles. The zero-order chi connectivity index (χ0) is 47.2. The minimum absolute atomic E-state index is 0.0720. The standard InChI is InChI=1S/C59H110O6/c1-4-7-10-13-16-19-22-25-27-29-30-31-33-34-37-40-43-46-49-52-58(61)64-55-56(54-63-57(60)51-48-45-42-39-36-24-21-18-15-12-9-6-3)65-59(62)53-50-47-44-41-38-35-32-28-26-23-20-17-14-11-8-5-2/h18,21,29-30,56H,4-17,19-20,22-28,31-55H2,1-3H3/b21-18-,30-29-. The van der Waals surface area contributed by atoms with Gasteiger partial charge in [0, 0.05) is 19.3 Å². The topological polar surface area (TPSA) is 78.9 Å². The van der Waals surface area contributed by atoms with Crippen LogP contribution in [0.4, 0.5) is 0 Å². The number of unbranched alkanes of at least 4 members (excludes halogenated alkanes) is 38. The van der Waals surface area contributed by atoms with Crippen molar-refractivity contribution >= 4 is 17.9 Å². The number of carbonyl (C=O) groups is 3. The van der Waals surface area contributed by atoms with E-state index in [1.807, 2.05) is 0 Å². The second-order valence-corrected chi connectivity index (χ2v) is 19.6. The van der Waals surface area contributed by atoms with Crippen LogP contribution in [0.25, 0.3) is 0 Å². The van der Waals surface area contributed by atoms with Crippen molar-refractivity contribution in [1.29, 1.82) is 0 Å². The molecular weight excluding hydrogens is 805 g/mol. The molecule has 6 nitrogen and oxygen atoms in total. The summed E-state index contributed by atoms with van der Waals surface area (Å²) in [5, 5.41) is 0. The lowest BCUT2D eigenvalue weighted by molar-refractivity contribution is -0.167. The molecular formula is C59H110O6. The number of allylic oxidation sites excluding steroid dienone is 4. The van der Waals surface area contributed by atoms with E-state index in [1.54, 1.807) is 0 Å². The van der Waals surface area contributed by atoms with Gasteiger partial charge in [0.15, 0.2) is 6.10 Å². The van der Waals surface area contributed by atoms with Crippen molar-refractivity contribution in [3.8, 4) is 0 Å². The fourth-order valence-corrected chi connectivity index (χ4v) is 8.55. The molecule has 1 unspecified atom stereocenters. The lowest BCUT2D eigenvalue weighted by Crippen LogP contribution is -2.30. The molecule has 0 aliphatic rings. The number of rotatable bonds is 53. The lowest BCUT2D eigenvalue weighted by atomic mass is 10.0. The van der Waals surface area contributed by atoms with Crippen LogP contribution in [-0.2, 0) is 28.6 Å². The molecule has 0 amide bonds. The van der Waals surface area contributed by atoms with Crippen LogP contribution in [-0.4, -0.2) is 37.2 Å². The Labute approximate surface area is 404 Å². The van der Waals surface area contributed by atoms with Crippen molar-refractivity contribution in [3.05, 3.63) is 24.3 Å². The van der Waals surface area contributed by atoms with Crippen LogP contribution in [0.5, 0.6) is 0 Å². The predicted molar refractivity (Wildman–Crippen MR) is 279 cm³/mol. The van der Waals surface area contributed by atoms with Crippen LogP contribution in [0.3, 0.4) is 0 Å². The summed E-state index contributed by atoms with van der Waals surface area (Å²) in [4.78, 5) is 38.1. The van der Waals surface area contributed by atoms with Gasteiger partial charge in [-0.2, -0.15) is 0 Å². The Kier molecular flexibility index (Phi) is 52.7. The SMILES string of the molecule is CCCCC/C=C\CCCCCCCC(=O)OCC(COC(=O)CCCCCCCCC/C=C\CCCCCCCCCC)OC(=O)CCCCCCCCCCCCCCCCCC. The van der Waals surface area contributed by atoms with Gasteiger partial charge in [-0.1, -0.05) is 251 Å². The minimum atomic E-state index is -0.772. The molecule has 0 spiro atoms. The lowest BCUT2D eigenvalue weighted by Gasteiger charge is -2.18. The van der Waals surface area contributed by atoms with Gasteiger partial charge in [-0.15, -0.1) is 0 Å². The second kappa shape index (κ2) is 54.5. The van der Waals surface area contributed by atoms with Crippen molar-refractivity contribution < 1.29 is 28.6 Å². The summed E-state index contributed by atoms with van der Waals surface area (Å²) in [6, 6.07) is 0. The summed E-state index contributed by atoms with van der Waals surface area (Å²) in [6.07, 6.45) is 63.1. The average Bonchev–Trinajstić information content (AvgIpc) is 3.30. The van der Waals surface area contributed by atoms with E-state index in [1.165, 1.54) is 212 Å². The molecule has 0 heterocycles. The van der Waals surface area contributed by atoms with Gasteiger partial charge < -0.3 is 14.2 Å². The third-order valence-corrected chi connectivity index (χ3v) is 12.9. The van der Waals surface area contributed by atoms with E-state index in [4.69, 9.17) is 14.2 Å². The zero-order valence-corrected chi connectivity index (χ0v) is 43.8. The van der Waals surface area contributed by atoms with E-state index in [-0.39, 0.29) is 31.1 Å². The summed E-state index contributed by atoms with van der Waals surface area (Å²) in [7, 11) is 0. The molecule has 0 aliphatic heterocycles. The fraction of sp³-hybridized carbons (Fsp3) is 0.881. The first-order valence-corrected chi connectivity index (χ1v) is 28.8. The van der Waals surface area contributed by atoms with Crippen molar-refractivity contribution in [2.45, 2.75) is 322 Å². The highest BCUT2D eigenvalue weighted by Gasteiger charge is 2.19. The van der Waals surface area contributed by atoms with Crippen molar-refractivity contribution in [1.82, 2.24) is 0 Å². The van der Waals surface area contributed by atoms with Gasteiger partial charge in [0.1, 0.15) is 13.2 Å². The van der Waals surface area contributed by atoms with Gasteiger partial charge in [0.05, 0.1) is 0 Å². The first-order valence-electron chi connectivity index (χ1n) is 28.8. The molecule has 0 saturated carbocycles. The first-order chi connectivity index (χ1) is 32.0. The fourth-order valence-electron chi connectivity index (χ4n) is 8.55. The van der Waals surface area contributed by atoms with Gasteiger partial charge >= 0.3 is 17.9 Å². The highest BCUT2D eigenvalue weighted by molar-refractivity contribution is 5.71. The Hall–Kier alpha value is -2.11. The van der Waals surface area contributed by atoms with E-state index >= 15 is 0 Å². The van der Waals surface area contributed by atoms with Gasteiger partial charge in [0.25, 0.3) is 0 Å². The van der Waals surface area contributed by atoms with Crippen molar-refractivity contribution in [2.75, 3.05) is 13.2 Å². The molecule has 0 aromatic heterocycles. The summed E-state index contributed by atoms with van der Waals surface area (Å²) >= 11 is 0. The number of hydrogen-bond acceptors (Lipinski definition) is 6. The summed E-state index contributed by atoms with van der Waals surface area (Å²) in [6.45, 7) is 6.65. The number of hydrogen-bond donors (Lipinski definition) is 0. The quantitative estimate of drug-likeness (QED) is 0.0262. The Morgan fingerprint density at radius 1 is 0.292 bits per heavy atom. The van der Waals surface area contributed by atoms with E-state index in [0.717, 1.165) is 64.2 Å². The summed E-state index contributed by atoms with van der Waals surface area (Å²) < 4.78 is 16.9. The maximum atomic E-state index is 12.8. The molecule has 6 heteroatoms. The Bertz CT molecular complexity index is 1050. The Balaban J connectivity index is 4.31. The number of carbonyl (C=O) groups excluding carboxylic acids is 3. The van der Waals surface area contributed by atoms with Crippen molar-refractivity contribution in [2.24, 2.45) is 0 Å². The monoisotopic (exact) mass is 915 g/mol. The zero-order valence-electron chi connectivity index (χ0n) is 43.8. The van der Waals surface area contributed by atoms with E-state index in [2.05, 4.69) is 45.1 Å². The average molecular weight is 916 g/mol. The first kappa shape index (κ1) is 62.9. The van der Waals surface area contributed by atoms with Crippen LogP contribution in [0, 0.1) is 0 Å². The van der Waals surface area contributed by atoms with Crippen LogP contribution in [0.1, 0.15) is 316 Å². The van der Waals surface area contributed by atoms with Crippen molar-refractivity contribution in [3.63, 3.8) is 0 Å². The molecule has 65 heavy (non-hydrogen) atoms. The normalized spacial score (nSPS) is 12.1. The summed E-state index contributed by atoms with van der Waals surface area (Å²) in [5.74, 6) is -0.866. The molecule has 0 aliphatic carbocycles. The Morgan fingerprint density at radius 2 is 0.508 bits per heavy atom. The number of esters is 3. The van der Waals surface area contributed by atoms with Crippen LogP contribution >= 0.6 is 0 Å². The maximum absolute atomic E-state index is 12.8. The van der Waals surface area contributed by atoms with Gasteiger partial charge in [0.2, 0.25) is 0 Å². The Morgan fingerprint density at radius 3 is 0.800 bits per heavy atom. The smallest absolute Gasteiger partial charge is 0.306 e. The number of ether oxygens (including phenoxy) is 3. The minimum Gasteiger partial charge on any atom is -0.462 e. The van der Waals surface area contributed by atoms with Gasteiger partial charge in [-0.05, 0) is 70.6 Å². The molecule has 0 N–H and O–H groups in total. The third-order valence-electron chi connectivity index (χ3n) is 12.9. The molecule has 0 rings (SSSR count). The molecule has 0 radical (unpaired) electrons. The maximum Gasteiger partial charge on any atom is 0.306 e. The van der Waals surface area contributed by atoms with Crippen LogP contribution in [0.2, 0.25) is 0 Å². The van der Waals surface area contributed by atoms with E-state index in [0.29, 0.717) is 19.3 Å². The second-order valence-electron chi connectivity index (χ2n) is 19.6. The molecule has 382 valence electrons. The predicted octanol–water partition coefficient (Wildman–Crippen LogP) is 19.1. The highest BCUT2D eigenvalue weighted by atomic mass is 16.6. The van der Waals surface area contributed by atoms with Gasteiger partial charge in [-0.3, -0.25) is 14.4 Å². The molecule has 0 aromatic rings. The highest BCUT2D eigenvalue weighted by Crippen LogP contribution is 2.16. The van der Waals surface area contributed by atoms with Crippen LogP contribution in [0.15, 0.2) is 24.3 Å².